The van der Waals surface area contributed by atoms with Crippen molar-refractivity contribution in [2.24, 2.45) is 0 Å². The third-order valence-corrected chi connectivity index (χ3v) is 4.26. The molecule has 1 aromatic rings. The second kappa shape index (κ2) is 5.66. The van der Waals surface area contributed by atoms with Crippen LogP contribution in [0.5, 0.6) is 0 Å². The van der Waals surface area contributed by atoms with E-state index < -0.39 is 5.60 Å². The quantitative estimate of drug-likeness (QED) is 0.862. The molecule has 0 aliphatic carbocycles. The van der Waals surface area contributed by atoms with E-state index in [0.29, 0.717) is 6.54 Å². The molecule has 0 amide bonds. The number of hydrogen-bond acceptors (Lipinski definition) is 3. The maximum absolute atomic E-state index is 12.5. The Morgan fingerprint density at radius 2 is 1.70 bits per heavy atom. The van der Waals surface area contributed by atoms with Gasteiger partial charge in [0.05, 0.1) is 12.1 Å². The van der Waals surface area contributed by atoms with Crippen molar-refractivity contribution in [3.63, 3.8) is 0 Å². The van der Waals surface area contributed by atoms with Crippen molar-refractivity contribution in [2.75, 3.05) is 19.6 Å². The van der Waals surface area contributed by atoms with Gasteiger partial charge in [-0.2, -0.15) is 0 Å². The number of piperidine rings is 1. The van der Waals surface area contributed by atoms with Gasteiger partial charge >= 0.3 is 0 Å². The molecular weight excluding hydrogens is 250 g/mol. The molecule has 110 valence electrons. The molecule has 0 spiro atoms. The highest BCUT2D eigenvalue weighted by molar-refractivity contribution is 6.00. The summed E-state index contributed by atoms with van der Waals surface area (Å²) in [5.41, 5.74) is 3.64. The number of benzene rings is 1. The third kappa shape index (κ3) is 3.47. The van der Waals surface area contributed by atoms with Gasteiger partial charge < -0.3 is 5.11 Å². The van der Waals surface area contributed by atoms with Gasteiger partial charge in [0.2, 0.25) is 0 Å². The van der Waals surface area contributed by atoms with Crippen LogP contribution in [-0.2, 0) is 0 Å². The number of Topliss-reactive ketones (excluding diaryl/α,β-unsaturated/α-hetero) is 1. The molecule has 3 heteroatoms. The molecule has 3 nitrogen and oxygen atoms in total. The molecule has 1 aromatic carbocycles. The minimum atomic E-state index is -0.560. The van der Waals surface area contributed by atoms with Gasteiger partial charge in [0, 0.05) is 18.7 Å². The van der Waals surface area contributed by atoms with Gasteiger partial charge in [-0.1, -0.05) is 17.7 Å². The molecule has 20 heavy (non-hydrogen) atoms. The summed E-state index contributed by atoms with van der Waals surface area (Å²) in [5.74, 6) is 0.196. The zero-order chi connectivity index (χ0) is 14.9. The number of carbonyl (C=O) groups excluding carboxylic acids is 1. The van der Waals surface area contributed by atoms with Gasteiger partial charge in [0.25, 0.3) is 0 Å². The van der Waals surface area contributed by atoms with Crippen molar-refractivity contribution in [1.29, 1.82) is 0 Å². The average molecular weight is 275 g/mol. The van der Waals surface area contributed by atoms with E-state index >= 15 is 0 Å². The van der Waals surface area contributed by atoms with Gasteiger partial charge in [0.1, 0.15) is 0 Å². The van der Waals surface area contributed by atoms with E-state index in [1.54, 1.807) is 0 Å². The van der Waals surface area contributed by atoms with Crippen LogP contribution in [0.3, 0.4) is 0 Å². The number of hydrogen-bond donors (Lipinski definition) is 1. The van der Waals surface area contributed by atoms with E-state index in [1.807, 2.05) is 20.8 Å². The number of ketones is 1. The molecule has 2 rings (SSSR count). The number of nitrogens with zero attached hydrogens (tertiary/aromatic N) is 1. The highest BCUT2D eigenvalue weighted by atomic mass is 16.3. The molecule has 1 N–H and O–H groups in total. The van der Waals surface area contributed by atoms with Crippen LogP contribution in [0.25, 0.3) is 0 Å². The highest BCUT2D eigenvalue weighted by Crippen LogP contribution is 2.22. The molecule has 0 saturated carbocycles. The third-order valence-electron chi connectivity index (χ3n) is 4.26. The maximum Gasteiger partial charge on any atom is 0.177 e. The Kier molecular flexibility index (Phi) is 4.31. The smallest absolute Gasteiger partial charge is 0.177 e. The summed E-state index contributed by atoms with van der Waals surface area (Å²) in [6, 6.07) is 4.14. The fourth-order valence-electron chi connectivity index (χ4n) is 3.09. The molecule has 1 saturated heterocycles. The normalized spacial score (nSPS) is 19.1. The minimum absolute atomic E-state index is 0.196. The zero-order valence-corrected chi connectivity index (χ0v) is 13.0. The summed E-state index contributed by atoms with van der Waals surface area (Å²) < 4.78 is 0. The van der Waals surface area contributed by atoms with Gasteiger partial charge in [0.15, 0.2) is 5.78 Å². The molecule has 1 heterocycles. The first-order valence-electron chi connectivity index (χ1n) is 7.34. The van der Waals surface area contributed by atoms with Crippen molar-refractivity contribution >= 4 is 5.78 Å². The lowest BCUT2D eigenvalue weighted by atomic mass is 9.92. The van der Waals surface area contributed by atoms with Crippen LogP contribution in [-0.4, -0.2) is 41.0 Å². The first-order valence-corrected chi connectivity index (χ1v) is 7.34. The number of likely N-dealkylation sites (tertiary alicyclic amines) is 1. The van der Waals surface area contributed by atoms with Gasteiger partial charge in [-0.3, -0.25) is 9.69 Å². The highest BCUT2D eigenvalue weighted by Gasteiger charge is 2.28. The number of rotatable bonds is 3. The molecule has 1 fully saturated rings. The lowest BCUT2D eigenvalue weighted by Gasteiger charge is -2.35. The van der Waals surface area contributed by atoms with E-state index in [0.717, 1.165) is 42.6 Å². The Morgan fingerprint density at radius 1 is 1.20 bits per heavy atom. The second-order valence-electron chi connectivity index (χ2n) is 6.47. The summed E-state index contributed by atoms with van der Waals surface area (Å²) in [4.78, 5) is 14.7. The minimum Gasteiger partial charge on any atom is -0.390 e. The Hall–Kier alpha value is -1.19. The lowest BCUT2D eigenvalue weighted by Crippen LogP contribution is -2.44. The van der Waals surface area contributed by atoms with Crippen LogP contribution in [0.1, 0.15) is 46.8 Å². The molecule has 1 aliphatic heterocycles. The van der Waals surface area contributed by atoms with Crippen molar-refractivity contribution in [3.05, 3.63) is 34.4 Å². The van der Waals surface area contributed by atoms with E-state index in [-0.39, 0.29) is 5.78 Å². The second-order valence-corrected chi connectivity index (χ2v) is 6.47. The number of aliphatic hydroxyl groups is 1. The van der Waals surface area contributed by atoms with Crippen LogP contribution in [0.2, 0.25) is 0 Å². The molecule has 0 aromatic heterocycles. The van der Waals surface area contributed by atoms with Gasteiger partial charge in [-0.05, 0) is 51.7 Å². The molecule has 0 unspecified atom stereocenters. The number of aryl methyl sites for hydroxylation is 3. The van der Waals surface area contributed by atoms with E-state index in [4.69, 9.17) is 0 Å². The van der Waals surface area contributed by atoms with Crippen LogP contribution in [0.4, 0.5) is 0 Å². The van der Waals surface area contributed by atoms with E-state index in [2.05, 4.69) is 24.0 Å². The van der Waals surface area contributed by atoms with Crippen LogP contribution in [0.15, 0.2) is 12.1 Å². The number of carbonyl (C=O) groups is 1. The van der Waals surface area contributed by atoms with Crippen LogP contribution >= 0.6 is 0 Å². The summed E-state index contributed by atoms with van der Waals surface area (Å²) in [7, 11) is 0. The Labute approximate surface area is 121 Å². The SMILES string of the molecule is Cc1cc(C)c(C(=O)CN2CCC(C)(O)CC2)c(C)c1. The first kappa shape index (κ1) is 15.2. The van der Waals surface area contributed by atoms with Gasteiger partial charge in [-0.25, -0.2) is 0 Å². The largest absolute Gasteiger partial charge is 0.390 e. The molecule has 0 radical (unpaired) electrons. The topological polar surface area (TPSA) is 40.5 Å². The Bertz CT molecular complexity index is 487. The maximum atomic E-state index is 12.5. The fraction of sp³-hybridized carbons (Fsp3) is 0.588. The van der Waals surface area contributed by atoms with Crippen molar-refractivity contribution in [1.82, 2.24) is 4.90 Å². The zero-order valence-electron chi connectivity index (χ0n) is 13.0. The van der Waals surface area contributed by atoms with Crippen molar-refractivity contribution in [3.8, 4) is 0 Å². The summed E-state index contributed by atoms with van der Waals surface area (Å²) in [6.45, 7) is 10.00. The van der Waals surface area contributed by atoms with Crippen molar-refractivity contribution < 1.29 is 9.90 Å². The van der Waals surface area contributed by atoms with E-state index in [1.165, 1.54) is 5.56 Å². The Morgan fingerprint density at radius 3 is 2.20 bits per heavy atom. The van der Waals surface area contributed by atoms with Crippen LogP contribution < -0.4 is 0 Å². The molecule has 0 atom stereocenters. The van der Waals surface area contributed by atoms with Crippen molar-refractivity contribution in [2.45, 2.75) is 46.1 Å². The molecular formula is C17H25NO2. The molecule has 0 bridgehead atoms. The summed E-state index contributed by atoms with van der Waals surface area (Å²) >= 11 is 0. The predicted molar refractivity (Wildman–Crippen MR) is 81.3 cm³/mol. The summed E-state index contributed by atoms with van der Waals surface area (Å²) in [6.07, 6.45) is 1.48. The standard InChI is InChI=1S/C17H25NO2/c1-12-9-13(2)16(14(3)10-12)15(19)11-18-7-5-17(4,20)6-8-18/h9-10,20H,5-8,11H2,1-4H3. The lowest BCUT2D eigenvalue weighted by molar-refractivity contribution is -0.00421. The van der Waals surface area contributed by atoms with E-state index in [9.17, 15) is 9.90 Å². The van der Waals surface area contributed by atoms with Gasteiger partial charge in [-0.15, -0.1) is 0 Å². The van der Waals surface area contributed by atoms with Crippen LogP contribution in [0, 0.1) is 20.8 Å². The Balaban J connectivity index is 2.06. The predicted octanol–water partition coefficient (Wildman–Crippen LogP) is 2.64. The average Bonchev–Trinajstić information content (AvgIpc) is 2.30. The first-order chi connectivity index (χ1) is 9.28. The fourth-order valence-corrected chi connectivity index (χ4v) is 3.09. The monoisotopic (exact) mass is 275 g/mol. The summed E-state index contributed by atoms with van der Waals surface area (Å²) in [5, 5.41) is 9.95. The molecule has 1 aliphatic rings.